The van der Waals surface area contributed by atoms with Crippen molar-refractivity contribution in [1.82, 2.24) is 29.8 Å². The molecule has 8 heteroatoms. The zero-order valence-electron chi connectivity index (χ0n) is 15.7. The quantitative estimate of drug-likeness (QED) is 0.703. The first-order chi connectivity index (χ1) is 13.0. The zero-order valence-corrected chi connectivity index (χ0v) is 15.7. The van der Waals surface area contributed by atoms with E-state index in [4.69, 9.17) is 4.52 Å². The van der Waals surface area contributed by atoms with Crippen LogP contribution in [0.2, 0.25) is 0 Å². The number of rotatable bonds is 4. The fourth-order valence-corrected chi connectivity index (χ4v) is 3.69. The average Bonchev–Trinajstić information content (AvgIpc) is 3.36. The van der Waals surface area contributed by atoms with Gasteiger partial charge >= 0.3 is 0 Å². The van der Waals surface area contributed by atoms with E-state index in [0.717, 1.165) is 54.3 Å². The van der Waals surface area contributed by atoms with Crippen molar-refractivity contribution < 1.29 is 9.32 Å². The van der Waals surface area contributed by atoms with Gasteiger partial charge in [0, 0.05) is 32.0 Å². The molecule has 0 spiro atoms. The molecular formula is C19H22N6O2. The Morgan fingerprint density at radius 2 is 2.19 bits per heavy atom. The van der Waals surface area contributed by atoms with Crippen molar-refractivity contribution in [3.63, 3.8) is 0 Å². The minimum absolute atomic E-state index is 0.0460. The lowest BCUT2D eigenvalue weighted by Crippen LogP contribution is -2.28. The number of carbonyl (C=O) groups is 1. The Hall–Kier alpha value is -3.03. The molecule has 1 atom stereocenters. The topological polar surface area (TPSA) is 89.9 Å². The molecule has 0 bridgehead atoms. The molecule has 140 valence electrons. The van der Waals surface area contributed by atoms with Crippen molar-refractivity contribution >= 4 is 5.91 Å². The highest BCUT2D eigenvalue weighted by Crippen LogP contribution is 2.27. The van der Waals surface area contributed by atoms with E-state index in [-0.39, 0.29) is 5.91 Å². The predicted molar refractivity (Wildman–Crippen MR) is 97.9 cm³/mol. The van der Waals surface area contributed by atoms with E-state index in [9.17, 15) is 4.79 Å². The fourth-order valence-electron chi connectivity index (χ4n) is 3.69. The Balaban J connectivity index is 1.45. The second kappa shape index (κ2) is 6.94. The molecule has 4 heterocycles. The van der Waals surface area contributed by atoms with Crippen LogP contribution in [0, 0.1) is 19.8 Å². The van der Waals surface area contributed by atoms with E-state index in [1.807, 2.05) is 31.9 Å². The van der Waals surface area contributed by atoms with Crippen LogP contribution in [0.15, 0.2) is 29.3 Å². The van der Waals surface area contributed by atoms with Gasteiger partial charge in [-0.1, -0.05) is 5.16 Å². The molecule has 0 aliphatic carbocycles. The van der Waals surface area contributed by atoms with E-state index in [0.29, 0.717) is 11.5 Å². The molecule has 1 saturated heterocycles. The first-order valence-electron chi connectivity index (χ1n) is 9.03. The SMILES string of the molecule is Cc1noc(C)c1-c1cc(C[C@H]2CCN(C(=O)c3cnn(C)c3)C2)ncn1. The van der Waals surface area contributed by atoms with Crippen molar-refractivity contribution in [2.75, 3.05) is 13.1 Å². The van der Waals surface area contributed by atoms with E-state index < -0.39 is 0 Å². The Labute approximate surface area is 157 Å². The van der Waals surface area contributed by atoms with Crippen molar-refractivity contribution in [3.8, 4) is 11.3 Å². The number of nitrogens with zero attached hydrogens (tertiary/aromatic N) is 6. The van der Waals surface area contributed by atoms with Crippen LogP contribution in [-0.4, -0.2) is 48.8 Å². The molecule has 3 aromatic rings. The molecule has 0 radical (unpaired) electrons. The van der Waals surface area contributed by atoms with Crippen molar-refractivity contribution in [1.29, 1.82) is 0 Å². The molecule has 0 unspecified atom stereocenters. The second-order valence-corrected chi connectivity index (χ2v) is 7.11. The van der Waals surface area contributed by atoms with Gasteiger partial charge in [-0.3, -0.25) is 9.48 Å². The first-order valence-corrected chi connectivity index (χ1v) is 9.03. The standard InChI is InChI=1S/C19H22N6O2/c1-12-18(13(2)27-23-12)17-7-16(20-11-21-17)6-14-4-5-25(9-14)19(26)15-8-22-24(3)10-15/h7-8,10-11,14H,4-6,9H2,1-3H3/t14-/m1/s1. The molecule has 27 heavy (non-hydrogen) atoms. The molecule has 3 aromatic heterocycles. The summed E-state index contributed by atoms with van der Waals surface area (Å²) in [6.45, 7) is 5.29. The molecule has 1 amide bonds. The van der Waals surface area contributed by atoms with Gasteiger partial charge in [0.15, 0.2) is 0 Å². The fraction of sp³-hybridized carbons (Fsp3) is 0.421. The van der Waals surface area contributed by atoms with Crippen LogP contribution in [0.4, 0.5) is 0 Å². The van der Waals surface area contributed by atoms with Gasteiger partial charge in [-0.05, 0) is 38.7 Å². The highest BCUT2D eigenvalue weighted by Gasteiger charge is 2.28. The van der Waals surface area contributed by atoms with Crippen LogP contribution in [0.5, 0.6) is 0 Å². The summed E-state index contributed by atoms with van der Waals surface area (Å²) in [6, 6.07) is 2.00. The maximum absolute atomic E-state index is 12.6. The average molecular weight is 366 g/mol. The van der Waals surface area contributed by atoms with Gasteiger partial charge in [0.25, 0.3) is 5.91 Å². The molecule has 0 aromatic carbocycles. The smallest absolute Gasteiger partial charge is 0.257 e. The van der Waals surface area contributed by atoms with Crippen molar-refractivity contribution in [2.24, 2.45) is 13.0 Å². The minimum atomic E-state index is 0.0460. The van der Waals surface area contributed by atoms with Crippen molar-refractivity contribution in [3.05, 3.63) is 47.5 Å². The maximum Gasteiger partial charge on any atom is 0.257 e. The lowest BCUT2D eigenvalue weighted by molar-refractivity contribution is 0.0787. The highest BCUT2D eigenvalue weighted by molar-refractivity contribution is 5.93. The summed E-state index contributed by atoms with van der Waals surface area (Å²) >= 11 is 0. The number of carbonyl (C=O) groups excluding carboxylic acids is 1. The van der Waals surface area contributed by atoms with Gasteiger partial charge in [-0.2, -0.15) is 5.10 Å². The molecule has 0 N–H and O–H groups in total. The van der Waals surface area contributed by atoms with E-state index >= 15 is 0 Å². The number of likely N-dealkylation sites (tertiary alicyclic amines) is 1. The van der Waals surface area contributed by atoms with Gasteiger partial charge in [0.05, 0.1) is 28.7 Å². The Morgan fingerprint density at radius 3 is 2.89 bits per heavy atom. The number of aromatic nitrogens is 5. The summed E-state index contributed by atoms with van der Waals surface area (Å²) in [4.78, 5) is 23.3. The zero-order chi connectivity index (χ0) is 19.0. The molecule has 1 aliphatic heterocycles. The summed E-state index contributed by atoms with van der Waals surface area (Å²) in [5.74, 6) is 1.19. The third-order valence-electron chi connectivity index (χ3n) is 5.04. The Bertz CT molecular complexity index is 957. The Kier molecular flexibility index (Phi) is 4.47. The molecule has 0 saturated carbocycles. The largest absolute Gasteiger partial charge is 0.361 e. The summed E-state index contributed by atoms with van der Waals surface area (Å²) in [6.07, 6.45) is 6.75. The predicted octanol–water partition coefficient (Wildman–Crippen LogP) is 2.19. The van der Waals surface area contributed by atoms with Gasteiger partial charge in [-0.25, -0.2) is 9.97 Å². The van der Waals surface area contributed by atoms with Crippen LogP contribution in [-0.2, 0) is 13.5 Å². The van der Waals surface area contributed by atoms with Crippen LogP contribution in [0.1, 0.15) is 33.9 Å². The van der Waals surface area contributed by atoms with Gasteiger partial charge in [0.1, 0.15) is 12.1 Å². The minimum Gasteiger partial charge on any atom is -0.361 e. The molecule has 4 rings (SSSR count). The number of hydrogen-bond acceptors (Lipinski definition) is 6. The lowest BCUT2D eigenvalue weighted by Gasteiger charge is -2.15. The van der Waals surface area contributed by atoms with E-state index in [1.54, 1.807) is 23.4 Å². The summed E-state index contributed by atoms with van der Waals surface area (Å²) in [5, 5.41) is 8.08. The molecule has 8 nitrogen and oxygen atoms in total. The number of aryl methyl sites for hydroxylation is 3. The lowest BCUT2D eigenvalue weighted by atomic mass is 10.0. The summed E-state index contributed by atoms with van der Waals surface area (Å²) in [5.41, 5.74) is 4.20. The Morgan fingerprint density at radius 1 is 1.33 bits per heavy atom. The third kappa shape index (κ3) is 3.47. The highest BCUT2D eigenvalue weighted by atomic mass is 16.5. The third-order valence-corrected chi connectivity index (χ3v) is 5.04. The molecule has 1 fully saturated rings. The normalized spacial score (nSPS) is 16.9. The van der Waals surface area contributed by atoms with E-state index in [2.05, 4.69) is 20.2 Å². The number of hydrogen-bond donors (Lipinski definition) is 0. The van der Waals surface area contributed by atoms with Crippen LogP contribution < -0.4 is 0 Å². The van der Waals surface area contributed by atoms with Gasteiger partial charge in [0.2, 0.25) is 0 Å². The van der Waals surface area contributed by atoms with Crippen molar-refractivity contribution in [2.45, 2.75) is 26.7 Å². The van der Waals surface area contributed by atoms with E-state index in [1.165, 1.54) is 0 Å². The second-order valence-electron chi connectivity index (χ2n) is 7.11. The monoisotopic (exact) mass is 366 g/mol. The van der Waals surface area contributed by atoms with Crippen LogP contribution >= 0.6 is 0 Å². The van der Waals surface area contributed by atoms with Crippen LogP contribution in [0.25, 0.3) is 11.3 Å². The van der Waals surface area contributed by atoms with Gasteiger partial charge in [-0.15, -0.1) is 0 Å². The van der Waals surface area contributed by atoms with Gasteiger partial charge < -0.3 is 9.42 Å². The number of amides is 1. The maximum atomic E-state index is 12.6. The summed E-state index contributed by atoms with van der Waals surface area (Å²) in [7, 11) is 1.81. The molecule has 1 aliphatic rings. The summed E-state index contributed by atoms with van der Waals surface area (Å²) < 4.78 is 6.90. The molecular weight excluding hydrogens is 344 g/mol. The van der Waals surface area contributed by atoms with Crippen LogP contribution in [0.3, 0.4) is 0 Å². The first kappa shape index (κ1) is 17.4.